The van der Waals surface area contributed by atoms with Crippen LogP contribution in [-0.4, -0.2) is 57.8 Å². The molecule has 1 aromatic heterocycles. The van der Waals surface area contributed by atoms with Gasteiger partial charge in [0.05, 0.1) is 12.0 Å². The number of methoxy groups -OCH3 is 1. The lowest BCUT2D eigenvalue weighted by Crippen LogP contribution is -2.47. The zero-order chi connectivity index (χ0) is 24.1. The SMILES string of the molecule is COc1ccc(S(=O)N2CCN(c3nc(Nc4ccc(C)cc4)cc(NC(C)C)n3)CC2)cc1. The van der Waals surface area contributed by atoms with Crippen LogP contribution < -0.4 is 20.3 Å². The van der Waals surface area contributed by atoms with E-state index in [0.717, 1.165) is 28.0 Å². The molecule has 2 N–H and O–H groups in total. The van der Waals surface area contributed by atoms with Gasteiger partial charge in [-0.25, -0.2) is 8.51 Å². The van der Waals surface area contributed by atoms with Crippen LogP contribution in [0.5, 0.6) is 5.75 Å². The Balaban J connectivity index is 1.47. The van der Waals surface area contributed by atoms with Crippen LogP contribution in [0.3, 0.4) is 0 Å². The molecule has 1 saturated heterocycles. The maximum Gasteiger partial charge on any atom is 0.229 e. The van der Waals surface area contributed by atoms with Crippen LogP contribution in [0.25, 0.3) is 0 Å². The fraction of sp³-hybridized carbons (Fsp3) is 0.360. The van der Waals surface area contributed by atoms with E-state index in [1.165, 1.54) is 5.56 Å². The molecule has 1 atom stereocenters. The number of piperazine rings is 1. The van der Waals surface area contributed by atoms with E-state index in [-0.39, 0.29) is 6.04 Å². The van der Waals surface area contributed by atoms with E-state index >= 15 is 0 Å². The van der Waals surface area contributed by atoms with Crippen LogP contribution in [0.1, 0.15) is 19.4 Å². The smallest absolute Gasteiger partial charge is 0.229 e. The standard InChI is InChI=1S/C25H32N6O2S/c1-18(2)26-23-17-24(27-20-7-5-19(3)6-8-20)29-25(28-23)30-13-15-31(16-14-30)34(32)22-11-9-21(33-4)10-12-22/h5-12,17-18H,13-16H2,1-4H3,(H2,26,27,28,29). The van der Waals surface area contributed by atoms with Gasteiger partial charge in [0.25, 0.3) is 0 Å². The normalized spacial score (nSPS) is 15.3. The molecule has 1 fully saturated rings. The van der Waals surface area contributed by atoms with Crippen molar-refractivity contribution in [2.24, 2.45) is 0 Å². The Hall–Kier alpha value is -3.17. The van der Waals surface area contributed by atoms with Crippen LogP contribution in [-0.2, 0) is 11.0 Å². The highest BCUT2D eigenvalue weighted by Crippen LogP contribution is 2.24. The number of aryl methyl sites for hydroxylation is 1. The molecular weight excluding hydrogens is 448 g/mol. The predicted molar refractivity (Wildman–Crippen MR) is 138 cm³/mol. The molecule has 0 saturated carbocycles. The highest BCUT2D eigenvalue weighted by molar-refractivity contribution is 7.82. The molecule has 0 spiro atoms. The summed E-state index contributed by atoms with van der Waals surface area (Å²) in [7, 11) is 0.415. The van der Waals surface area contributed by atoms with Gasteiger partial charge in [0.15, 0.2) is 0 Å². The molecule has 0 radical (unpaired) electrons. The van der Waals surface area contributed by atoms with Crippen molar-refractivity contribution in [3.8, 4) is 5.75 Å². The summed E-state index contributed by atoms with van der Waals surface area (Å²) in [4.78, 5) is 12.5. The van der Waals surface area contributed by atoms with E-state index in [0.29, 0.717) is 32.1 Å². The van der Waals surface area contributed by atoms with Crippen molar-refractivity contribution in [3.05, 3.63) is 60.2 Å². The average Bonchev–Trinajstić information content (AvgIpc) is 2.84. The molecule has 1 aliphatic rings. The minimum absolute atomic E-state index is 0.249. The molecule has 0 amide bonds. The monoisotopic (exact) mass is 480 g/mol. The molecule has 34 heavy (non-hydrogen) atoms. The Morgan fingerprint density at radius 1 is 0.941 bits per heavy atom. The van der Waals surface area contributed by atoms with Crippen molar-refractivity contribution in [2.75, 3.05) is 48.8 Å². The Labute approximate surface area is 204 Å². The van der Waals surface area contributed by atoms with Crippen LogP contribution >= 0.6 is 0 Å². The molecule has 1 aliphatic heterocycles. The maximum atomic E-state index is 13.0. The summed E-state index contributed by atoms with van der Waals surface area (Å²) in [5.41, 5.74) is 2.19. The van der Waals surface area contributed by atoms with Crippen molar-refractivity contribution < 1.29 is 8.95 Å². The minimum Gasteiger partial charge on any atom is -0.497 e. The van der Waals surface area contributed by atoms with Crippen molar-refractivity contribution in [3.63, 3.8) is 0 Å². The predicted octanol–water partition coefficient (Wildman–Crippen LogP) is 4.20. The second-order valence-electron chi connectivity index (χ2n) is 8.57. The second-order valence-corrected chi connectivity index (χ2v) is 10.1. The number of hydrogen-bond donors (Lipinski definition) is 2. The first-order valence-electron chi connectivity index (χ1n) is 11.5. The Morgan fingerprint density at radius 2 is 1.59 bits per heavy atom. The van der Waals surface area contributed by atoms with Gasteiger partial charge in [0, 0.05) is 44.0 Å². The molecule has 0 aliphatic carbocycles. The molecular formula is C25H32N6O2S. The summed E-state index contributed by atoms with van der Waals surface area (Å²) in [6.45, 7) is 8.94. The van der Waals surface area contributed by atoms with E-state index in [1.807, 2.05) is 46.8 Å². The van der Waals surface area contributed by atoms with Crippen molar-refractivity contribution in [1.29, 1.82) is 0 Å². The van der Waals surface area contributed by atoms with E-state index < -0.39 is 11.0 Å². The number of hydrogen-bond acceptors (Lipinski definition) is 7. The minimum atomic E-state index is -1.21. The number of nitrogens with zero attached hydrogens (tertiary/aromatic N) is 4. The topological polar surface area (TPSA) is 82.6 Å². The van der Waals surface area contributed by atoms with E-state index in [1.54, 1.807) is 7.11 Å². The molecule has 180 valence electrons. The van der Waals surface area contributed by atoms with Gasteiger partial charge < -0.3 is 20.3 Å². The number of rotatable bonds is 8. The zero-order valence-corrected chi connectivity index (χ0v) is 20.9. The van der Waals surface area contributed by atoms with E-state index in [9.17, 15) is 4.21 Å². The van der Waals surface area contributed by atoms with Gasteiger partial charge in [-0.1, -0.05) is 17.7 Å². The number of anilines is 4. The largest absolute Gasteiger partial charge is 0.497 e. The summed E-state index contributed by atoms with van der Waals surface area (Å²) in [6.07, 6.45) is 0. The Kier molecular flexibility index (Phi) is 7.64. The van der Waals surface area contributed by atoms with Gasteiger partial charge in [-0.15, -0.1) is 0 Å². The molecule has 2 heterocycles. The fourth-order valence-corrected chi connectivity index (χ4v) is 4.85. The average molecular weight is 481 g/mol. The third kappa shape index (κ3) is 6.03. The lowest BCUT2D eigenvalue weighted by molar-refractivity contribution is 0.406. The molecule has 8 nitrogen and oxygen atoms in total. The Bertz CT molecular complexity index is 1110. The first kappa shape index (κ1) is 24.0. The molecule has 1 unspecified atom stereocenters. The van der Waals surface area contributed by atoms with Crippen LogP contribution in [0.2, 0.25) is 0 Å². The molecule has 2 aromatic carbocycles. The van der Waals surface area contributed by atoms with Gasteiger partial charge in [-0.3, -0.25) is 0 Å². The van der Waals surface area contributed by atoms with Crippen LogP contribution in [0.15, 0.2) is 59.5 Å². The molecule has 0 bridgehead atoms. The highest BCUT2D eigenvalue weighted by Gasteiger charge is 2.24. The number of aromatic nitrogens is 2. The van der Waals surface area contributed by atoms with Crippen molar-refractivity contribution >= 4 is 34.3 Å². The third-order valence-corrected chi connectivity index (χ3v) is 7.00. The first-order chi connectivity index (χ1) is 16.4. The van der Waals surface area contributed by atoms with Gasteiger partial charge in [-0.2, -0.15) is 9.97 Å². The van der Waals surface area contributed by atoms with E-state index in [4.69, 9.17) is 14.7 Å². The summed E-state index contributed by atoms with van der Waals surface area (Å²) >= 11 is 0. The zero-order valence-electron chi connectivity index (χ0n) is 20.1. The highest BCUT2D eigenvalue weighted by atomic mass is 32.2. The summed E-state index contributed by atoms with van der Waals surface area (Å²) in [5.74, 6) is 2.93. The number of benzene rings is 2. The quantitative estimate of drug-likeness (QED) is 0.500. The van der Waals surface area contributed by atoms with E-state index in [2.05, 4.69) is 48.4 Å². The molecule has 9 heteroatoms. The number of nitrogens with one attached hydrogen (secondary N) is 2. The van der Waals surface area contributed by atoms with Gasteiger partial charge in [-0.05, 0) is 57.2 Å². The first-order valence-corrected chi connectivity index (χ1v) is 12.6. The Morgan fingerprint density at radius 3 is 2.21 bits per heavy atom. The third-order valence-electron chi connectivity index (χ3n) is 5.49. The summed E-state index contributed by atoms with van der Waals surface area (Å²) in [5, 5.41) is 6.79. The van der Waals surface area contributed by atoms with Crippen LogP contribution in [0.4, 0.5) is 23.3 Å². The second kappa shape index (κ2) is 10.8. The van der Waals surface area contributed by atoms with Gasteiger partial charge in [0.1, 0.15) is 28.4 Å². The maximum absolute atomic E-state index is 13.0. The van der Waals surface area contributed by atoms with Crippen molar-refractivity contribution in [2.45, 2.75) is 31.7 Å². The fourth-order valence-electron chi connectivity index (χ4n) is 3.69. The lowest BCUT2D eigenvalue weighted by Gasteiger charge is -2.34. The molecule has 3 aromatic rings. The van der Waals surface area contributed by atoms with Crippen LogP contribution in [0, 0.1) is 6.92 Å². The lowest BCUT2D eigenvalue weighted by atomic mass is 10.2. The van der Waals surface area contributed by atoms with Crippen molar-refractivity contribution in [1.82, 2.24) is 14.3 Å². The number of ether oxygens (including phenoxy) is 1. The summed E-state index contributed by atoms with van der Waals surface area (Å²) in [6, 6.07) is 17.8. The summed E-state index contributed by atoms with van der Waals surface area (Å²) < 4.78 is 20.2. The van der Waals surface area contributed by atoms with Gasteiger partial charge in [0.2, 0.25) is 5.95 Å². The molecule has 4 rings (SSSR count). The van der Waals surface area contributed by atoms with Gasteiger partial charge >= 0.3 is 0 Å².